The van der Waals surface area contributed by atoms with E-state index in [1.807, 2.05) is 6.07 Å². The predicted octanol–water partition coefficient (Wildman–Crippen LogP) is 6.65. The standard InChI is InChI=1S/C12H8O4.C10HF5O3.C9HF5O2.3C6H5F.C6H4O4.C5H4O3.C4H4O2/c13-9-8(10(14)12(16)11(9)15)6-7-4-2-1-3-5-7;11-3-1(2-8(16)10(18)9(2)17)4(12)6(14)7(15)5(3)13;10-3-1(2-8(15)9(2)16)4(11)6(13)7(14)5(3)12;3*7-6-4-2-1-3-5-6;1-2-3(7)5(9)6(10)4(2)8;1-2-3(6)5(8)4(2)7;1-2-3(5)4(2)6/h1-5,13H,6H2;16H;15H;3*1-5H;7H,1H3;6H,1H3;5H,1H3. The van der Waals surface area contributed by atoms with Gasteiger partial charge in [0.25, 0.3) is 32.6 Å². The molecule has 0 heterocycles. The minimum absolute atomic E-state index is 0.0463. The van der Waals surface area contributed by atoms with Crippen molar-refractivity contribution in [2.45, 2.75) is 27.2 Å². The van der Waals surface area contributed by atoms with Gasteiger partial charge in [-0.1, -0.05) is 84.9 Å². The zero-order valence-corrected chi connectivity index (χ0v) is 47.7. The molecule has 12 aromatic rings. The van der Waals surface area contributed by atoms with Crippen LogP contribution in [0.15, 0.2) is 179 Å². The van der Waals surface area contributed by atoms with E-state index in [0.717, 1.165) is 5.56 Å². The van der Waals surface area contributed by atoms with Gasteiger partial charge in [0, 0.05) is 23.1 Å². The summed E-state index contributed by atoms with van der Waals surface area (Å²) >= 11 is 0. The molecule has 0 radical (unpaired) electrons. The van der Waals surface area contributed by atoms with Crippen molar-refractivity contribution in [2.24, 2.45) is 0 Å². The van der Waals surface area contributed by atoms with Crippen molar-refractivity contribution in [3.8, 4) is 56.8 Å². The first-order chi connectivity index (χ1) is 44.4. The second-order valence-electron chi connectivity index (χ2n) is 18.6. The highest BCUT2D eigenvalue weighted by Gasteiger charge is 2.36. The van der Waals surface area contributed by atoms with Crippen molar-refractivity contribution in [1.82, 2.24) is 0 Å². The van der Waals surface area contributed by atoms with Crippen molar-refractivity contribution in [3.63, 3.8) is 0 Å². The van der Waals surface area contributed by atoms with Crippen LogP contribution in [0.4, 0.5) is 57.1 Å². The Labute approximate surface area is 517 Å². The number of hydrogen-bond acceptors (Lipinski definition) is 18. The van der Waals surface area contributed by atoms with Crippen LogP contribution in [-0.4, -0.2) is 30.6 Å². The predicted molar refractivity (Wildman–Crippen MR) is 311 cm³/mol. The van der Waals surface area contributed by atoms with Gasteiger partial charge in [-0.15, -0.1) is 0 Å². The van der Waals surface area contributed by atoms with Crippen molar-refractivity contribution in [2.75, 3.05) is 0 Å². The van der Waals surface area contributed by atoms with Crippen LogP contribution in [0.1, 0.15) is 27.8 Å². The largest absolute Gasteiger partial charge is 0.504 e. The Morgan fingerprint density at radius 3 is 0.653 bits per heavy atom. The molecule has 0 spiro atoms. The van der Waals surface area contributed by atoms with Crippen LogP contribution < -0.4 is 65.1 Å². The van der Waals surface area contributed by atoms with Gasteiger partial charge in [-0.25, -0.2) is 57.1 Å². The Hall–Kier alpha value is -12.3. The van der Waals surface area contributed by atoms with E-state index in [2.05, 4.69) is 0 Å². The molecule has 18 nitrogen and oxygen atoms in total. The van der Waals surface area contributed by atoms with Gasteiger partial charge >= 0.3 is 0 Å². The first-order valence-electron chi connectivity index (χ1n) is 25.6. The molecule has 12 aromatic carbocycles. The van der Waals surface area contributed by atoms with Crippen LogP contribution in [-0.2, 0) is 6.42 Å². The van der Waals surface area contributed by atoms with E-state index in [-0.39, 0.29) is 57.5 Å². The molecule has 492 valence electrons. The van der Waals surface area contributed by atoms with E-state index in [1.165, 1.54) is 50.2 Å². The summed E-state index contributed by atoms with van der Waals surface area (Å²) in [6.07, 6.45) is 0.100. The lowest BCUT2D eigenvalue weighted by molar-refractivity contribution is 0.380. The van der Waals surface area contributed by atoms with E-state index in [1.54, 1.807) is 85.8 Å². The first kappa shape index (κ1) is 75.2. The zero-order chi connectivity index (χ0) is 71.9. The molecule has 95 heavy (non-hydrogen) atoms. The topological polar surface area (TPSA) is 326 Å². The van der Waals surface area contributed by atoms with E-state index in [9.17, 15) is 120 Å². The van der Waals surface area contributed by atoms with Gasteiger partial charge in [0.05, 0.1) is 27.8 Å². The maximum Gasteiger partial charge on any atom is 0.277 e. The molecule has 0 atom stereocenters. The lowest BCUT2D eigenvalue weighted by Gasteiger charge is -2.10. The summed E-state index contributed by atoms with van der Waals surface area (Å²) in [6.45, 7) is 4.25. The van der Waals surface area contributed by atoms with Gasteiger partial charge in [-0.3, -0.25) is 57.5 Å². The molecule has 0 bridgehead atoms. The lowest BCUT2D eigenvalue weighted by atomic mass is 9.98. The number of benzene rings is 6. The Morgan fingerprint density at radius 1 is 0.232 bits per heavy atom. The van der Waals surface area contributed by atoms with Crippen molar-refractivity contribution < 1.29 is 87.7 Å². The zero-order valence-electron chi connectivity index (χ0n) is 47.7. The van der Waals surface area contributed by atoms with E-state index in [0.29, 0.717) is 5.56 Å². The Morgan fingerprint density at radius 2 is 0.463 bits per heavy atom. The van der Waals surface area contributed by atoms with Crippen LogP contribution in [0.5, 0.6) is 34.5 Å². The van der Waals surface area contributed by atoms with Gasteiger partial charge in [-0.05, 0) is 62.7 Å². The quantitative estimate of drug-likeness (QED) is 0.0465. The third-order valence-electron chi connectivity index (χ3n) is 12.3. The number of hydrogen-bond donors (Lipinski definition) is 6. The fourth-order valence-corrected chi connectivity index (χ4v) is 6.85. The molecular weight excluding hydrogens is 1300 g/mol. The SMILES string of the molecule is Cc1c(O)c(=O)c(=O)c1=O.Cc1c(O)c(=O)c1=O.Cc1c(O)c1=O.Fc1ccccc1.Fc1ccccc1.Fc1ccccc1.O=c1c(O)c(-c2c(F)c(F)c(F)c(F)c2F)c1=O.O=c1c(O)c(Cc2ccccc2)c(=O)c1=O.O=c1c(O)c1-c1c(F)c(F)c(F)c(F)c1F. The second-order valence-corrected chi connectivity index (χ2v) is 18.6. The smallest absolute Gasteiger partial charge is 0.277 e. The van der Waals surface area contributed by atoms with Crippen molar-refractivity contribution in [1.29, 1.82) is 0 Å². The van der Waals surface area contributed by atoms with E-state index >= 15 is 0 Å². The molecule has 0 aromatic heterocycles. The summed E-state index contributed by atoms with van der Waals surface area (Å²) in [6, 6.07) is 32.7. The molecular formula is C64H37F13O18. The molecule has 12 rings (SSSR count). The molecule has 0 saturated heterocycles. The van der Waals surface area contributed by atoms with Crippen LogP contribution in [0.2, 0.25) is 0 Å². The third kappa shape index (κ3) is 17.6. The van der Waals surface area contributed by atoms with E-state index in [4.69, 9.17) is 25.5 Å². The van der Waals surface area contributed by atoms with Gasteiger partial charge in [0.1, 0.15) is 17.5 Å². The van der Waals surface area contributed by atoms with Crippen LogP contribution >= 0.6 is 0 Å². The fourth-order valence-electron chi connectivity index (χ4n) is 6.85. The highest BCUT2D eigenvalue weighted by Crippen LogP contribution is 2.38. The summed E-state index contributed by atoms with van der Waals surface area (Å²) in [5, 5.41) is 52.4. The average Bonchev–Trinajstić information content (AvgIpc) is 1.29. The van der Waals surface area contributed by atoms with Crippen molar-refractivity contribution in [3.05, 3.63) is 347 Å². The summed E-state index contributed by atoms with van der Waals surface area (Å²) in [4.78, 5) is 127. The van der Waals surface area contributed by atoms with Crippen molar-refractivity contribution >= 4 is 0 Å². The molecule has 0 amide bonds. The molecule has 0 fully saturated rings. The Kier molecular flexibility index (Phi) is 25.4. The second kappa shape index (κ2) is 32.1. The average molecular weight is 1340 g/mol. The minimum Gasteiger partial charge on any atom is -0.504 e. The molecule has 0 unspecified atom stereocenters. The molecule has 0 aliphatic carbocycles. The van der Waals surface area contributed by atoms with Gasteiger partial charge < -0.3 is 30.6 Å². The highest BCUT2D eigenvalue weighted by molar-refractivity contribution is 5.81. The maximum absolute atomic E-state index is 13.2. The molecule has 31 heteroatoms. The van der Waals surface area contributed by atoms with Crippen LogP contribution in [0.3, 0.4) is 0 Å². The monoisotopic (exact) mass is 1340 g/mol. The normalized spacial score (nSPS) is 10.3. The van der Waals surface area contributed by atoms with Gasteiger partial charge in [0.15, 0.2) is 81.0 Å². The summed E-state index contributed by atoms with van der Waals surface area (Å²) < 4.78 is 164. The minimum atomic E-state index is -2.40. The summed E-state index contributed by atoms with van der Waals surface area (Å²) in [5.74, 6) is -27.1. The lowest BCUT2D eigenvalue weighted by Crippen LogP contribution is -2.32. The Bertz CT molecular complexity index is 4990. The molecule has 0 saturated carbocycles. The summed E-state index contributed by atoms with van der Waals surface area (Å²) in [7, 11) is 0. The summed E-state index contributed by atoms with van der Waals surface area (Å²) in [5.41, 5.74) is -15.8. The molecule has 6 N–H and O–H groups in total. The van der Waals surface area contributed by atoms with Crippen LogP contribution in [0.25, 0.3) is 22.3 Å². The molecule has 0 aliphatic rings. The maximum atomic E-state index is 13.2. The highest BCUT2D eigenvalue weighted by atomic mass is 19.2. The number of aromatic hydroxyl groups is 6. The van der Waals surface area contributed by atoms with Gasteiger partial charge in [0.2, 0.25) is 44.2 Å². The van der Waals surface area contributed by atoms with Gasteiger partial charge in [-0.2, -0.15) is 0 Å². The molecule has 0 aliphatic heterocycles. The third-order valence-corrected chi connectivity index (χ3v) is 12.3. The Balaban J connectivity index is 0.000000234. The number of rotatable bonds is 4. The van der Waals surface area contributed by atoms with Crippen LogP contribution in [0, 0.1) is 96.4 Å². The fraction of sp³-hybridized carbons (Fsp3) is 0.0625. The first-order valence-corrected chi connectivity index (χ1v) is 25.6. The van der Waals surface area contributed by atoms with E-state index < -0.39 is 163 Å². The number of halogens is 13.